The zero-order valence-electron chi connectivity index (χ0n) is 12.4. The average Bonchev–Trinajstić information content (AvgIpc) is 2.46. The van der Waals surface area contributed by atoms with Crippen LogP contribution in [0.4, 0.5) is 8.78 Å². The Morgan fingerprint density at radius 1 is 1.00 bits per heavy atom. The van der Waals surface area contributed by atoms with Gasteiger partial charge in [-0.3, -0.25) is 0 Å². The third kappa shape index (κ3) is 3.28. The van der Waals surface area contributed by atoms with Crippen molar-refractivity contribution >= 4 is 10.0 Å². The SMILES string of the molecule is O=S(=O)(NCC1(c2ccccc2)CCC1)c1cc(F)cc(F)c1. The summed E-state index contributed by atoms with van der Waals surface area (Å²) in [6.45, 7) is 0.220. The number of hydrogen-bond donors (Lipinski definition) is 1. The van der Waals surface area contributed by atoms with Crippen LogP contribution in [0.25, 0.3) is 0 Å². The van der Waals surface area contributed by atoms with Crippen molar-refractivity contribution in [3.63, 3.8) is 0 Å². The minimum atomic E-state index is -3.95. The highest BCUT2D eigenvalue weighted by Gasteiger charge is 2.39. The molecule has 3 rings (SSSR count). The fraction of sp³-hybridized carbons (Fsp3) is 0.294. The minimum Gasteiger partial charge on any atom is -0.210 e. The largest absolute Gasteiger partial charge is 0.240 e. The molecule has 0 spiro atoms. The molecule has 3 nitrogen and oxygen atoms in total. The number of benzene rings is 2. The summed E-state index contributed by atoms with van der Waals surface area (Å²) in [5.41, 5.74) is 0.847. The molecule has 0 unspecified atom stereocenters. The van der Waals surface area contributed by atoms with E-state index in [1.165, 1.54) is 0 Å². The van der Waals surface area contributed by atoms with E-state index in [-0.39, 0.29) is 12.0 Å². The van der Waals surface area contributed by atoms with Crippen LogP contribution in [0.5, 0.6) is 0 Å². The fourth-order valence-electron chi connectivity index (χ4n) is 2.96. The molecule has 0 atom stereocenters. The molecule has 1 aliphatic carbocycles. The van der Waals surface area contributed by atoms with Gasteiger partial charge >= 0.3 is 0 Å². The highest BCUT2D eigenvalue weighted by molar-refractivity contribution is 7.89. The van der Waals surface area contributed by atoms with Crippen LogP contribution in [0.1, 0.15) is 24.8 Å². The Labute approximate surface area is 134 Å². The molecule has 0 radical (unpaired) electrons. The molecule has 23 heavy (non-hydrogen) atoms. The van der Waals surface area contributed by atoms with Crippen molar-refractivity contribution in [1.82, 2.24) is 4.72 Å². The molecule has 0 aromatic heterocycles. The molecule has 2 aromatic carbocycles. The summed E-state index contributed by atoms with van der Waals surface area (Å²) in [6.07, 6.45) is 2.80. The van der Waals surface area contributed by atoms with Crippen molar-refractivity contribution in [1.29, 1.82) is 0 Å². The highest BCUT2D eigenvalue weighted by Crippen LogP contribution is 2.43. The molecule has 1 aliphatic rings. The molecule has 2 aromatic rings. The summed E-state index contributed by atoms with van der Waals surface area (Å²) in [5, 5.41) is 0. The van der Waals surface area contributed by atoms with E-state index in [0.717, 1.165) is 37.0 Å². The maximum Gasteiger partial charge on any atom is 0.240 e. The second kappa shape index (κ2) is 6.02. The Hall–Kier alpha value is -1.79. The topological polar surface area (TPSA) is 46.2 Å². The lowest BCUT2D eigenvalue weighted by Gasteiger charge is -2.42. The van der Waals surface area contributed by atoms with E-state index in [9.17, 15) is 17.2 Å². The quantitative estimate of drug-likeness (QED) is 0.909. The van der Waals surface area contributed by atoms with Crippen LogP contribution in [0.15, 0.2) is 53.4 Å². The van der Waals surface area contributed by atoms with E-state index in [4.69, 9.17) is 0 Å². The Balaban J connectivity index is 1.81. The Morgan fingerprint density at radius 2 is 1.61 bits per heavy atom. The van der Waals surface area contributed by atoms with E-state index in [1.54, 1.807) is 0 Å². The maximum absolute atomic E-state index is 13.2. The normalized spacial score (nSPS) is 16.8. The molecule has 0 bridgehead atoms. The van der Waals surface area contributed by atoms with Crippen LogP contribution in [0.3, 0.4) is 0 Å². The van der Waals surface area contributed by atoms with Crippen LogP contribution in [0, 0.1) is 11.6 Å². The number of rotatable bonds is 5. The molecule has 0 saturated heterocycles. The molecule has 0 amide bonds. The fourth-order valence-corrected chi connectivity index (χ4v) is 4.13. The molecule has 0 aliphatic heterocycles. The minimum absolute atomic E-state index is 0.220. The van der Waals surface area contributed by atoms with Crippen LogP contribution in [0.2, 0.25) is 0 Å². The highest BCUT2D eigenvalue weighted by atomic mass is 32.2. The van der Waals surface area contributed by atoms with Gasteiger partial charge in [0.05, 0.1) is 4.90 Å². The van der Waals surface area contributed by atoms with Crippen LogP contribution < -0.4 is 4.72 Å². The van der Waals surface area contributed by atoms with Crippen LogP contribution >= 0.6 is 0 Å². The molecule has 6 heteroatoms. The van der Waals surface area contributed by atoms with Crippen molar-refractivity contribution in [3.8, 4) is 0 Å². The van der Waals surface area contributed by atoms with E-state index in [0.29, 0.717) is 6.07 Å². The monoisotopic (exact) mass is 337 g/mol. The number of halogens is 2. The van der Waals surface area contributed by atoms with Gasteiger partial charge < -0.3 is 0 Å². The van der Waals surface area contributed by atoms with Crippen molar-refractivity contribution in [2.24, 2.45) is 0 Å². The first kappa shape index (κ1) is 16.1. The van der Waals surface area contributed by atoms with Gasteiger partial charge in [0.1, 0.15) is 11.6 Å². The first-order valence-electron chi connectivity index (χ1n) is 7.43. The third-order valence-electron chi connectivity index (χ3n) is 4.44. The zero-order chi connectivity index (χ0) is 16.5. The lowest BCUT2D eigenvalue weighted by molar-refractivity contribution is 0.245. The summed E-state index contributed by atoms with van der Waals surface area (Å²) in [4.78, 5) is -0.391. The van der Waals surface area contributed by atoms with E-state index in [1.807, 2.05) is 30.3 Å². The standard InChI is InChI=1S/C17H17F2NO2S/c18-14-9-15(19)11-16(10-14)23(21,22)20-12-17(7-4-8-17)13-5-2-1-3-6-13/h1-3,5-6,9-11,20H,4,7-8,12H2. The molecular weight excluding hydrogens is 320 g/mol. The zero-order valence-corrected chi connectivity index (χ0v) is 13.2. The molecule has 0 heterocycles. The summed E-state index contributed by atoms with van der Waals surface area (Å²) >= 11 is 0. The second-order valence-corrected chi connectivity index (χ2v) is 7.70. The van der Waals surface area contributed by atoms with E-state index in [2.05, 4.69) is 4.72 Å². The van der Waals surface area contributed by atoms with Gasteiger partial charge in [-0.15, -0.1) is 0 Å². The van der Waals surface area contributed by atoms with E-state index < -0.39 is 26.6 Å². The summed E-state index contributed by atoms with van der Waals surface area (Å²) in [5.74, 6) is -1.82. The molecule has 122 valence electrons. The van der Waals surface area contributed by atoms with Gasteiger partial charge in [-0.1, -0.05) is 36.8 Å². The van der Waals surface area contributed by atoms with Gasteiger partial charge in [0.25, 0.3) is 0 Å². The van der Waals surface area contributed by atoms with Crippen molar-refractivity contribution < 1.29 is 17.2 Å². The lowest BCUT2D eigenvalue weighted by Crippen LogP contribution is -2.45. The third-order valence-corrected chi connectivity index (χ3v) is 5.82. The summed E-state index contributed by atoms with van der Waals surface area (Å²) in [6, 6.07) is 12.0. The van der Waals surface area contributed by atoms with Crippen molar-refractivity contribution in [2.45, 2.75) is 29.6 Å². The lowest BCUT2D eigenvalue weighted by atomic mass is 9.64. The molecule has 1 fully saturated rings. The Kier molecular flexibility index (Phi) is 4.21. The van der Waals surface area contributed by atoms with Gasteiger partial charge in [-0.2, -0.15) is 0 Å². The van der Waals surface area contributed by atoms with Gasteiger partial charge in [0.2, 0.25) is 10.0 Å². The Bertz CT molecular complexity index is 782. The summed E-state index contributed by atoms with van der Waals surface area (Å²) in [7, 11) is -3.95. The average molecular weight is 337 g/mol. The number of sulfonamides is 1. The van der Waals surface area contributed by atoms with Crippen LogP contribution in [-0.2, 0) is 15.4 Å². The summed E-state index contributed by atoms with van der Waals surface area (Å²) < 4.78 is 53.6. The predicted octanol–water partition coefficient (Wildman–Crippen LogP) is 3.37. The first-order chi connectivity index (χ1) is 10.9. The Morgan fingerprint density at radius 3 is 2.13 bits per heavy atom. The molecular formula is C17H17F2NO2S. The number of hydrogen-bond acceptors (Lipinski definition) is 2. The smallest absolute Gasteiger partial charge is 0.210 e. The predicted molar refractivity (Wildman–Crippen MR) is 83.5 cm³/mol. The maximum atomic E-state index is 13.2. The van der Waals surface area contributed by atoms with Gasteiger partial charge in [-0.05, 0) is 30.5 Å². The second-order valence-electron chi connectivity index (χ2n) is 5.93. The van der Waals surface area contributed by atoms with Crippen molar-refractivity contribution in [3.05, 3.63) is 65.7 Å². The van der Waals surface area contributed by atoms with E-state index >= 15 is 0 Å². The van der Waals surface area contributed by atoms with Crippen molar-refractivity contribution in [2.75, 3.05) is 6.54 Å². The van der Waals surface area contributed by atoms with Crippen LogP contribution in [-0.4, -0.2) is 15.0 Å². The van der Waals surface area contributed by atoms with Gasteiger partial charge in [0.15, 0.2) is 0 Å². The molecule has 1 N–H and O–H groups in total. The molecule has 1 saturated carbocycles. The van der Waals surface area contributed by atoms with Gasteiger partial charge in [-0.25, -0.2) is 21.9 Å². The first-order valence-corrected chi connectivity index (χ1v) is 8.91. The van der Waals surface area contributed by atoms with Gasteiger partial charge in [0, 0.05) is 18.0 Å². The number of nitrogens with one attached hydrogen (secondary N) is 1.